The lowest BCUT2D eigenvalue weighted by Gasteiger charge is -2.06. The van der Waals surface area contributed by atoms with Gasteiger partial charge in [-0.25, -0.2) is 4.98 Å². The van der Waals surface area contributed by atoms with E-state index in [2.05, 4.69) is 27.1 Å². The average Bonchev–Trinajstić information content (AvgIpc) is 2.77. The highest BCUT2D eigenvalue weighted by molar-refractivity contribution is 7.99. The number of H-pyrrole nitrogens is 2. The quantitative estimate of drug-likeness (QED) is 0.487. The lowest BCUT2D eigenvalue weighted by Crippen LogP contribution is -2.10. The van der Waals surface area contributed by atoms with Gasteiger partial charge in [0.1, 0.15) is 5.69 Å². The fraction of sp³-hybridized carbons (Fsp3) is 0.500. The van der Waals surface area contributed by atoms with Crippen molar-refractivity contribution < 1.29 is 0 Å². The van der Waals surface area contributed by atoms with E-state index in [0.29, 0.717) is 21.4 Å². The molecular weight excluding hydrogens is 294 g/mol. The van der Waals surface area contributed by atoms with E-state index in [-0.39, 0.29) is 5.56 Å². The Hall–Kier alpha value is -1.41. The van der Waals surface area contributed by atoms with Gasteiger partial charge in [0.2, 0.25) is 0 Å². The molecule has 0 fully saturated rings. The monoisotopic (exact) mass is 311 g/mol. The van der Waals surface area contributed by atoms with Crippen LogP contribution in [0.25, 0.3) is 11.5 Å². The van der Waals surface area contributed by atoms with Crippen molar-refractivity contribution in [3.63, 3.8) is 0 Å². The molecule has 0 aliphatic heterocycles. The van der Waals surface area contributed by atoms with Crippen molar-refractivity contribution in [1.29, 1.82) is 0 Å². The number of nitrogens with one attached hydrogen (secondary N) is 2. The third kappa shape index (κ3) is 3.37. The predicted octanol–water partition coefficient (Wildman–Crippen LogP) is 2.60. The van der Waals surface area contributed by atoms with Gasteiger partial charge in [-0.1, -0.05) is 32.0 Å². The lowest BCUT2D eigenvalue weighted by atomic mass is 10.3. The van der Waals surface area contributed by atoms with Gasteiger partial charge in [0, 0.05) is 12.6 Å². The third-order valence-corrected chi connectivity index (χ3v) is 3.79. The fourth-order valence-corrected chi connectivity index (χ4v) is 2.62. The summed E-state index contributed by atoms with van der Waals surface area (Å²) < 4.78 is 2.45. The number of aromatic nitrogens is 5. The first-order chi connectivity index (χ1) is 9.65. The highest BCUT2D eigenvalue weighted by Gasteiger charge is 2.12. The topological polar surface area (TPSA) is 79.4 Å². The zero-order valence-electron chi connectivity index (χ0n) is 11.5. The first-order valence-corrected chi connectivity index (χ1v) is 7.94. The van der Waals surface area contributed by atoms with E-state index in [1.165, 1.54) is 17.8 Å². The minimum atomic E-state index is -0.179. The van der Waals surface area contributed by atoms with Gasteiger partial charge in [-0.3, -0.25) is 14.5 Å². The fourth-order valence-electron chi connectivity index (χ4n) is 1.79. The van der Waals surface area contributed by atoms with Crippen molar-refractivity contribution in [2.24, 2.45) is 0 Å². The molecule has 0 aromatic carbocycles. The molecule has 2 N–H and O–H groups in total. The van der Waals surface area contributed by atoms with Crippen molar-refractivity contribution in [2.45, 2.75) is 38.4 Å². The van der Waals surface area contributed by atoms with Gasteiger partial charge in [0.25, 0.3) is 5.56 Å². The second kappa shape index (κ2) is 6.85. The van der Waals surface area contributed by atoms with E-state index in [9.17, 15) is 4.79 Å². The summed E-state index contributed by atoms with van der Waals surface area (Å²) >= 11 is 6.72. The Balaban J connectivity index is 2.45. The van der Waals surface area contributed by atoms with Gasteiger partial charge in [-0.2, -0.15) is 5.10 Å². The van der Waals surface area contributed by atoms with E-state index in [4.69, 9.17) is 12.2 Å². The highest BCUT2D eigenvalue weighted by atomic mass is 32.2. The summed E-state index contributed by atoms with van der Waals surface area (Å²) in [7, 11) is 0. The summed E-state index contributed by atoms with van der Waals surface area (Å²) in [6, 6.07) is 1.45. The summed E-state index contributed by atoms with van der Waals surface area (Å²) in [5.74, 6) is 1.46. The molecule has 0 atom stereocenters. The van der Waals surface area contributed by atoms with Crippen molar-refractivity contribution in [3.8, 4) is 11.5 Å². The highest BCUT2D eigenvalue weighted by Crippen LogP contribution is 2.17. The Morgan fingerprint density at radius 3 is 2.95 bits per heavy atom. The van der Waals surface area contributed by atoms with Crippen LogP contribution in [-0.4, -0.2) is 30.5 Å². The molecule has 0 amide bonds. The van der Waals surface area contributed by atoms with Crippen LogP contribution in [0.2, 0.25) is 0 Å². The zero-order chi connectivity index (χ0) is 14.5. The molecule has 0 spiro atoms. The van der Waals surface area contributed by atoms with Crippen LogP contribution in [-0.2, 0) is 6.54 Å². The molecule has 108 valence electrons. The second-order valence-electron chi connectivity index (χ2n) is 4.23. The molecule has 6 nitrogen and oxygen atoms in total. The first-order valence-electron chi connectivity index (χ1n) is 6.55. The van der Waals surface area contributed by atoms with E-state index >= 15 is 0 Å². The molecule has 2 heterocycles. The summed E-state index contributed by atoms with van der Waals surface area (Å²) in [5.41, 5.74) is 0.370. The van der Waals surface area contributed by atoms with E-state index in [0.717, 1.165) is 25.1 Å². The van der Waals surface area contributed by atoms with Crippen LogP contribution >= 0.6 is 24.0 Å². The van der Waals surface area contributed by atoms with Crippen LogP contribution in [0.5, 0.6) is 0 Å². The molecule has 2 aromatic heterocycles. The molecule has 0 aliphatic carbocycles. The Labute approximate surface area is 126 Å². The van der Waals surface area contributed by atoms with Gasteiger partial charge in [0.15, 0.2) is 15.8 Å². The maximum atomic E-state index is 11.7. The molecule has 2 aromatic rings. The summed E-state index contributed by atoms with van der Waals surface area (Å²) in [6.07, 6.45) is 2.06. The minimum absolute atomic E-state index is 0.179. The number of thioether (sulfide) groups is 1. The van der Waals surface area contributed by atoms with Gasteiger partial charge in [0.05, 0.1) is 0 Å². The Morgan fingerprint density at radius 2 is 2.25 bits per heavy atom. The van der Waals surface area contributed by atoms with Crippen LogP contribution < -0.4 is 5.56 Å². The SMILES string of the molecule is CCCCn1c(-c2cc(=O)[nH]c(SCC)n2)n[nH]c1=S. The summed E-state index contributed by atoms with van der Waals surface area (Å²) in [5, 5.41) is 7.58. The molecule has 0 saturated carbocycles. The van der Waals surface area contributed by atoms with Crippen LogP contribution in [0.1, 0.15) is 26.7 Å². The largest absolute Gasteiger partial charge is 0.301 e. The van der Waals surface area contributed by atoms with E-state index in [1.807, 2.05) is 11.5 Å². The molecule has 20 heavy (non-hydrogen) atoms. The van der Waals surface area contributed by atoms with E-state index < -0.39 is 0 Å². The first kappa shape index (κ1) is 15.0. The van der Waals surface area contributed by atoms with E-state index in [1.54, 1.807) is 0 Å². The van der Waals surface area contributed by atoms with Crippen LogP contribution in [0.4, 0.5) is 0 Å². The predicted molar refractivity (Wildman–Crippen MR) is 82.6 cm³/mol. The molecule has 0 bridgehead atoms. The van der Waals surface area contributed by atoms with Gasteiger partial charge >= 0.3 is 0 Å². The molecule has 0 unspecified atom stereocenters. The number of nitrogens with zero attached hydrogens (tertiary/aromatic N) is 3. The maximum absolute atomic E-state index is 11.7. The smallest absolute Gasteiger partial charge is 0.252 e. The van der Waals surface area contributed by atoms with Gasteiger partial charge in [-0.05, 0) is 24.4 Å². The maximum Gasteiger partial charge on any atom is 0.252 e. The van der Waals surface area contributed by atoms with Crippen molar-refractivity contribution in [2.75, 3.05) is 5.75 Å². The van der Waals surface area contributed by atoms with Gasteiger partial charge < -0.3 is 4.98 Å². The molecule has 0 aliphatic rings. The van der Waals surface area contributed by atoms with Gasteiger partial charge in [-0.15, -0.1) is 0 Å². The lowest BCUT2D eigenvalue weighted by molar-refractivity contribution is 0.627. The van der Waals surface area contributed by atoms with Crippen LogP contribution in [0, 0.1) is 4.77 Å². The molecule has 2 rings (SSSR count). The van der Waals surface area contributed by atoms with Crippen LogP contribution in [0.15, 0.2) is 16.0 Å². The normalized spacial score (nSPS) is 10.9. The van der Waals surface area contributed by atoms with Crippen molar-refractivity contribution >= 4 is 24.0 Å². The third-order valence-electron chi connectivity index (χ3n) is 2.72. The molecule has 8 heteroatoms. The standard InChI is InChI=1S/C12H17N5OS2/c1-3-5-6-17-10(15-16-12(17)19)8-7-9(18)14-11(13-8)20-4-2/h7H,3-6H2,1-2H3,(H,16,19)(H,13,14,18). The van der Waals surface area contributed by atoms with Crippen molar-refractivity contribution in [3.05, 3.63) is 21.2 Å². The minimum Gasteiger partial charge on any atom is -0.301 e. The number of unbranched alkanes of at least 4 members (excludes halogenated alkanes) is 1. The number of hydrogen-bond donors (Lipinski definition) is 2. The Bertz CT molecular complexity index is 688. The van der Waals surface area contributed by atoms with Crippen LogP contribution in [0.3, 0.4) is 0 Å². The zero-order valence-corrected chi connectivity index (χ0v) is 13.1. The summed E-state index contributed by atoms with van der Waals surface area (Å²) in [6.45, 7) is 4.89. The molecular formula is C12H17N5OS2. The molecule has 0 saturated heterocycles. The molecule has 0 radical (unpaired) electrons. The summed E-state index contributed by atoms with van der Waals surface area (Å²) in [4.78, 5) is 18.9. The number of aromatic amines is 2. The van der Waals surface area contributed by atoms with Crippen molar-refractivity contribution in [1.82, 2.24) is 24.7 Å². The Morgan fingerprint density at radius 1 is 1.45 bits per heavy atom. The number of hydrogen-bond acceptors (Lipinski definition) is 5. The average molecular weight is 311 g/mol. The Kier molecular flexibility index (Phi) is 5.13. The number of rotatable bonds is 6. The second-order valence-corrected chi connectivity index (χ2v) is 5.87.